The highest BCUT2D eigenvalue weighted by Crippen LogP contribution is 2.11. The minimum Gasteiger partial charge on any atom is -0.351 e. The number of nitrogens with two attached hydrogens (primary N) is 1. The van der Waals surface area contributed by atoms with Crippen LogP contribution in [0.1, 0.15) is 5.56 Å². The normalized spacial score (nSPS) is 18.4. The van der Waals surface area contributed by atoms with Crippen molar-refractivity contribution in [1.82, 2.24) is 10.6 Å². The van der Waals surface area contributed by atoms with E-state index in [9.17, 15) is 13.2 Å². The molecule has 0 aliphatic carbocycles. The predicted octanol–water partition coefficient (Wildman–Crippen LogP) is 0.0345. The van der Waals surface area contributed by atoms with Crippen LogP contribution in [0.3, 0.4) is 0 Å². The van der Waals surface area contributed by atoms with Gasteiger partial charge in [-0.1, -0.05) is 12.1 Å². The van der Waals surface area contributed by atoms with Gasteiger partial charge in [0.1, 0.15) is 0 Å². The molecule has 4 N–H and O–H groups in total. The largest absolute Gasteiger partial charge is 0.351 e. The third-order valence-corrected chi connectivity index (χ3v) is 4.58. The van der Waals surface area contributed by atoms with Gasteiger partial charge in [0.25, 0.3) is 0 Å². The number of primary sulfonamides is 1. The van der Waals surface area contributed by atoms with Crippen LogP contribution in [0.25, 0.3) is 0 Å². The molecule has 1 aliphatic rings. The number of rotatable bonds is 4. The van der Waals surface area contributed by atoms with Crippen molar-refractivity contribution in [3.05, 3.63) is 29.8 Å². The molecule has 1 atom stereocenters. The van der Waals surface area contributed by atoms with E-state index >= 15 is 0 Å². The number of nitrogens with one attached hydrogen (secondary N) is 2. The van der Waals surface area contributed by atoms with Crippen LogP contribution in [0.2, 0.25) is 0 Å². The van der Waals surface area contributed by atoms with E-state index in [4.69, 9.17) is 5.14 Å². The molecule has 1 unspecified atom stereocenters. The standard InChI is InChI=1S/C11H15N3O3S2.ClH/c12-19(16,17)9-3-1-2-8(4-9)5-13-11(15)10-6-18-7-14-10;/h1-4,10,14H,5-7H2,(H,13,15)(H2,12,16,17);1H. The number of carbonyl (C=O) groups is 1. The summed E-state index contributed by atoms with van der Waals surface area (Å²) in [6, 6.07) is 6.06. The van der Waals surface area contributed by atoms with Crippen molar-refractivity contribution >= 4 is 40.1 Å². The number of halogens is 1. The van der Waals surface area contributed by atoms with Crippen molar-refractivity contribution in [2.45, 2.75) is 17.5 Å². The Hall–Kier alpha value is -0.800. The highest BCUT2D eigenvalue weighted by Gasteiger charge is 2.21. The first-order valence-electron chi connectivity index (χ1n) is 5.67. The molecule has 2 rings (SSSR count). The molecule has 1 aliphatic heterocycles. The quantitative estimate of drug-likeness (QED) is 0.720. The summed E-state index contributed by atoms with van der Waals surface area (Å²) in [6.07, 6.45) is 0. The Morgan fingerprint density at radius 3 is 2.85 bits per heavy atom. The SMILES string of the molecule is Cl.NS(=O)(=O)c1cccc(CNC(=O)C2CSCN2)c1. The highest BCUT2D eigenvalue weighted by molar-refractivity contribution is 7.99. The van der Waals surface area contributed by atoms with Gasteiger partial charge in [-0.3, -0.25) is 10.1 Å². The number of sulfonamides is 1. The Morgan fingerprint density at radius 2 is 2.25 bits per heavy atom. The van der Waals surface area contributed by atoms with Gasteiger partial charge in [-0.15, -0.1) is 24.2 Å². The first-order chi connectivity index (χ1) is 8.97. The fourth-order valence-corrected chi connectivity index (χ4v) is 3.23. The summed E-state index contributed by atoms with van der Waals surface area (Å²) >= 11 is 1.67. The minimum absolute atomic E-state index is 0. The van der Waals surface area contributed by atoms with Gasteiger partial charge in [-0.05, 0) is 17.7 Å². The molecule has 0 radical (unpaired) electrons. The second-order valence-electron chi connectivity index (χ2n) is 4.18. The first kappa shape index (κ1) is 17.3. The van der Waals surface area contributed by atoms with Crippen LogP contribution in [-0.2, 0) is 21.4 Å². The van der Waals surface area contributed by atoms with Crippen LogP contribution in [0.5, 0.6) is 0 Å². The van der Waals surface area contributed by atoms with Crippen LogP contribution >= 0.6 is 24.2 Å². The summed E-state index contributed by atoms with van der Waals surface area (Å²) in [5.41, 5.74) is 0.700. The summed E-state index contributed by atoms with van der Waals surface area (Å²) in [5.74, 6) is 1.45. The third-order valence-electron chi connectivity index (χ3n) is 2.73. The fraction of sp³-hybridized carbons (Fsp3) is 0.364. The van der Waals surface area contributed by atoms with Crippen LogP contribution in [0.4, 0.5) is 0 Å². The van der Waals surface area contributed by atoms with Gasteiger partial charge < -0.3 is 5.32 Å². The van der Waals surface area contributed by atoms with E-state index in [1.165, 1.54) is 12.1 Å². The Morgan fingerprint density at radius 1 is 1.50 bits per heavy atom. The fourth-order valence-electron chi connectivity index (χ4n) is 1.71. The van der Waals surface area contributed by atoms with E-state index in [2.05, 4.69) is 10.6 Å². The molecular formula is C11H16ClN3O3S2. The maximum Gasteiger partial charge on any atom is 0.238 e. The Labute approximate surface area is 128 Å². The zero-order valence-electron chi connectivity index (χ0n) is 10.5. The van der Waals surface area contributed by atoms with Gasteiger partial charge >= 0.3 is 0 Å². The van der Waals surface area contributed by atoms with Crippen molar-refractivity contribution < 1.29 is 13.2 Å². The van der Waals surface area contributed by atoms with Crippen LogP contribution < -0.4 is 15.8 Å². The molecule has 1 amide bonds. The average molecular weight is 338 g/mol. The van der Waals surface area contributed by atoms with Gasteiger partial charge in [-0.2, -0.15) is 0 Å². The van der Waals surface area contributed by atoms with Crippen LogP contribution in [0.15, 0.2) is 29.2 Å². The van der Waals surface area contributed by atoms with E-state index in [0.29, 0.717) is 5.56 Å². The van der Waals surface area contributed by atoms with Crippen molar-refractivity contribution in [3.63, 3.8) is 0 Å². The van der Waals surface area contributed by atoms with Crippen molar-refractivity contribution in [2.24, 2.45) is 5.14 Å². The summed E-state index contributed by atoms with van der Waals surface area (Å²) in [5, 5.41) is 10.9. The van der Waals surface area contributed by atoms with Gasteiger partial charge in [0.15, 0.2) is 0 Å². The molecule has 1 aromatic rings. The maximum absolute atomic E-state index is 11.8. The number of thioether (sulfide) groups is 1. The molecule has 1 aromatic carbocycles. The number of benzene rings is 1. The molecule has 0 bridgehead atoms. The molecule has 1 saturated heterocycles. The second-order valence-corrected chi connectivity index (χ2v) is 6.77. The smallest absolute Gasteiger partial charge is 0.238 e. The van der Waals surface area contributed by atoms with E-state index < -0.39 is 10.0 Å². The van der Waals surface area contributed by atoms with Gasteiger partial charge in [0.05, 0.1) is 10.9 Å². The van der Waals surface area contributed by atoms with Crippen LogP contribution in [0, 0.1) is 0 Å². The van der Waals surface area contributed by atoms with Gasteiger partial charge in [-0.25, -0.2) is 13.6 Å². The number of hydrogen-bond acceptors (Lipinski definition) is 5. The van der Waals surface area contributed by atoms with Crippen molar-refractivity contribution in [2.75, 3.05) is 11.6 Å². The van der Waals surface area contributed by atoms with E-state index in [1.807, 2.05) is 0 Å². The Kier molecular flexibility index (Phi) is 6.28. The molecular weight excluding hydrogens is 322 g/mol. The molecule has 6 nitrogen and oxygen atoms in total. The molecule has 20 heavy (non-hydrogen) atoms. The highest BCUT2D eigenvalue weighted by atomic mass is 35.5. The molecule has 1 heterocycles. The molecule has 9 heteroatoms. The molecule has 112 valence electrons. The van der Waals surface area contributed by atoms with Crippen molar-refractivity contribution in [3.8, 4) is 0 Å². The average Bonchev–Trinajstić information content (AvgIpc) is 2.89. The monoisotopic (exact) mass is 337 g/mol. The number of hydrogen-bond donors (Lipinski definition) is 3. The number of carbonyl (C=O) groups excluding carboxylic acids is 1. The Bertz CT molecular complexity index is 574. The maximum atomic E-state index is 11.8. The van der Waals surface area contributed by atoms with E-state index in [1.54, 1.807) is 23.9 Å². The summed E-state index contributed by atoms with van der Waals surface area (Å²) in [6.45, 7) is 0.283. The zero-order chi connectivity index (χ0) is 13.9. The van der Waals surface area contributed by atoms with E-state index in [0.717, 1.165) is 11.6 Å². The first-order valence-corrected chi connectivity index (χ1v) is 8.37. The lowest BCUT2D eigenvalue weighted by molar-refractivity contribution is -0.122. The number of amides is 1. The predicted molar refractivity (Wildman–Crippen MR) is 81.2 cm³/mol. The lowest BCUT2D eigenvalue weighted by atomic mass is 10.2. The lowest BCUT2D eigenvalue weighted by Crippen LogP contribution is -2.41. The Balaban J connectivity index is 0.00000200. The summed E-state index contributed by atoms with van der Waals surface area (Å²) < 4.78 is 22.4. The summed E-state index contributed by atoms with van der Waals surface area (Å²) in [4.78, 5) is 11.8. The zero-order valence-corrected chi connectivity index (χ0v) is 13.0. The minimum atomic E-state index is -3.71. The molecule has 0 aromatic heterocycles. The summed E-state index contributed by atoms with van der Waals surface area (Å²) in [7, 11) is -3.71. The lowest BCUT2D eigenvalue weighted by Gasteiger charge is -2.10. The second kappa shape index (κ2) is 7.28. The van der Waals surface area contributed by atoms with E-state index in [-0.39, 0.29) is 35.8 Å². The third kappa shape index (κ3) is 4.64. The van der Waals surface area contributed by atoms with Gasteiger partial charge in [0, 0.05) is 18.2 Å². The molecule has 0 spiro atoms. The van der Waals surface area contributed by atoms with Crippen molar-refractivity contribution in [1.29, 1.82) is 0 Å². The molecule has 0 saturated carbocycles. The molecule has 1 fully saturated rings. The van der Waals surface area contributed by atoms with Gasteiger partial charge in [0.2, 0.25) is 15.9 Å². The topological polar surface area (TPSA) is 101 Å². The van der Waals surface area contributed by atoms with Crippen LogP contribution in [-0.4, -0.2) is 32.0 Å².